The summed E-state index contributed by atoms with van der Waals surface area (Å²) in [7, 11) is 0.869. The second-order valence-electron chi connectivity index (χ2n) is 6.24. The van der Waals surface area contributed by atoms with Gasteiger partial charge in [0.25, 0.3) is 0 Å². The maximum absolute atomic E-state index is 14.5. The Hall–Kier alpha value is -3.38. The Morgan fingerprint density at radius 3 is 2.03 bits per heavy atom. The number of halogens is 8. The predicted molar refractivity (Wildman–Crippen MR) is 86.2 cm³/mol. The molecule has 0 saturated carbocycles. The normalized spacial score (nSPS) is 15.9. The second-order valence-corrected chi connectivity index (χ2v) is 6.24. The average molecular weight is 455 g/mol. The van der Waals surface area contributed by atoms with Gasteiger partial charge in [-0.3, -0.25) is 9.69 Å². The number of anilines is 1. The van der Waals surface area contributed by atoms with Crippen LogP contribution in [-0.2, 0) is 14.3 Å². The van der Waals surface area contributed by atoms with Gasteiger partial charge in [-0.25, -0.2) is 31.1 Å². The Bertz CT molecular complexity index is 1090. The molecular formula is C18H9F8NO4. The maximum atomic E-state index is 14.5. The molecule has 1 aliphatic heterocycles. The molecule has 0 radical (unpaired) electrons. The summed E-state index contributed by atoms with van der Waals surface area (Å²) in [6.07, 6.45) is -4.56. The zero-order chi connectivity index (χ0) is 23.4. The number of ether oxygens (including phenoxy) is 2. The maximum Gasteiger partial charge on any atom is 0.483 e. The zero-order valence-corrected chi connectivity index (χ0v) is 15.3. The summed E-state index contributed by atoms with van der Waals surface area (Å²) >= 11 is 0. The number of fused-ring (bicyclic) bond motifs is 1. The number of benzene rings is 2. The van der Waals surface area contributed by atoms with Gasteiger partial charge in [0.15, 0.2) is 29.0 Å². The van der Waals surface area contributed by atoms with Gasteiger partial charge >= 0.3 is 18.0 Å². The SMILES string of the molecule is COC(=O)[C@@H](C)N1C(=O)C(F)(F)Oc2cc(F)c(-c3c(F)c(F)c(F)c(F)c3F)cc21. The Balaban J connectivity index is 2.33. The van der Waals surface area contributed by atoms with Crippen molar-refractivity contribution in [1.29, 1.82) is 0 Å². The summed E-state index contributed by atoms with van der Waals surface area (Å²) in [5, 5.41) is 0. The highest BCUT2D eigenvalue weighted by atomic mass is 19.3. The van der Waals surface area contributed by atoms with Gasteiger partial charge in [-0.2, -0.15) is 8.78 Å². The van der Waals surface area contributed by atoms with E-state index in [0.717, 1.165) is 14.0 Å². The van der Waals surface area contributed by atoms with Crippen LogP contribution in [0.25, 0.3) is 11.1 Å². The molecule has 0 bridgehead atoms. The minimum Gasteiger partial charge on any atom is -0.467 e. The number of amides is 1. The van der Waals surface area contributed by atoms with Crippen LogP contribution in [0.5, 0.6) is 5.75 Å². The first-order valence-electron chi connectivity index (χ1n) is 8.17. The molecule has 1 atom stereocenters. The lowest BCUT2D eigenvalue weighted by Crippen LogP contribution is -2.56. The van der Waals surface area contributed by atoms with Crippen LogP contribution in [0.2, 0.25) is 0 Å². The van der Waals surface area contributed by atoms with E-state index in [2.05, 4.69) is 9.47 Å². The molecule has 1 heterocycles. The van der Waals surface area contributed by atoms with Crippen LogP contribution in [0.1, 0.15) is 6.92 Å². The Labute approximate surface area is 167 Å². The third-order valence-electron chi connectivity index (χ3n) is 4.42. The summed E-state index contributed by atoms with van der Waals surface area (Å²) in [5.41, 5.74) is -3.78. The van der Waals surface area contributed by atoms with Crippen molar-refractivity contribution in [3.63, 3.8) is 0 Å². The number of carbonyl (C=O) groups is 2. The fourth-order valence-corrected chi connectivity index (χ4v) is 2.94. The van der Waals surface area contributed by atoms with E-state index >= 15 is 0 Å². The molecule has 0 N–H and O–H groups in total. The zero-order valence-electron chi connectivity index (χ0n) is 15.3. The molecule has 0 aromatic heterocycles. The minimum absolute atomic E-state index is 0.0969. The first-order valence-corrected chi connectivity index (χ1v) is 8.17. The molecule has 5 nitrogen and oxygen atoms in total. The Kier molecular flexibility index (Phi) is 5.32. The summed E-state index contributed by atoms with van der Waals surface area (Å²) in [6.45, 7) is 0.941. The van der Waals surface area contributed by atoms with Crippen molar-refractivity contribution in [2.24, 2.45) is 0 Å². The van der Waals surface area contributed by atoms with Gasteiger partial charge in [0, 0.05) is 11.6 Å². The van der Waals surface area contributed by atoms with Crippen molar-refractivity contribution in [1.82, 2.24) is 0 Å². The van der Waals surface area contributed by atoms with Crippen LogP contribution in [0.3, 0.4) is 0 Å². The van der Waals surface area contributed by atoms with E-state index in [1.165, 1.54) is 0 Å². The highest BCUT2D eigenvalue weighted by Crippen LogP contribution is 2.45. The number of carbonyl (C=O) groups excluding carboxylic acids is 2. The van der Waals surface area contributed by atoms with Crippen LogP contribution < -0.4 is 9.64 Å². The molecule has 0 spiro atoms. The summed E-state index contributed by atoms with van der Waals surface area (Å²) in [6, 6.07) is -1.27. The highest BCUT2D eigenvalue weighted by molar-refractivity contribution is 6.05. The predicted octanol–water partition coefficient (Wildman–Crippen LogP) is 4.07. The molecule has 0 unspecified atom stereocenters. The van der Waals surface area contributed by atoms with Gasteiger partial charge < -0.3 is 9.47 Å². The quantitative estimate of drug-likeness (QED) is 0.303. The summed E-state index contributed by atoms with van der Waals surface area (Å²) in [5.74, 6) is -18.2. The van der Waals surface area contributed by atoms with Crippen LogP contribution in [0.15, 0.2) is 12.1 Å². The van der Waals surface area contributed by atoms with Crippen LogP contribution in [0.4, 0.5) is 40.8 Å². The van der Waals surface area contributed by atoms with E-state index in [1.807, 2.05) is 0 Å². The third-order valence-corrected chi connectivity index (χ3v) is 4.42. The average Bonchev–Trinajstić information content (AvgIpc) is 2.71. The van der Waals surface area contributed by atoms with Gasteiger partial charge in [0.2, 0.25) is 5.82 Å². The smallest absolute Gasteiger partial charge is 0.467 e. The molecule has 1 aliphatic rings. The molecule has 0 aliphatic carbocycles. The molecular weight excluding hydrogens is 446 g/mol. The third kappa shape index (κ3) is 3.33. The second kappa shape index (κ2) is 7.39. The number of rotatable bonds is 3. The van der Waals surface area contributed by atoms with E-state index < -0.39 is 81.5 Å². The molecule has 1 amide bonds. The number of esters is 1. The molecule has 2 aromatic rings. The number of alkyl halides is 2. The van der Waals surface area contributed by atoms with E-state index in [0.29, 0.717) is 6.07 Å². The fraction of sp³-hybridized carbons (Fsp3) is 0.222. The molecule has 0 saturated heterocycles. The lowest BCUT2D eigenvalue weighted by atomic mass is 10.00. The van der Waals surface area contributed by atoms with E-state index in [9.17, 15) is 44.7 Å². The van der Waals surface area contributed by atoms with Gasteiger partial charge in [-0.15, -0.1) is 0 Å². The van der Waals surface area contributed by atoms with Crippen molar-refractivity contribution in [2.45, 2.75) is 19.1 Å². The minimum atomic E-state index is -4.56. The molecule has 2 aromatic carbocycles. The molecule has 31 heavy (non-hydrogen) atoms. The summed E-state index contributed by atoms with van der Waals surface area (Å²) < 4.78 is 120. The topological polar surface area (TPSA) is 55.8 Å². The Morgan fingerprint density at radius 2 is 1.52 bits per heavy atom. The van der Waals surface area contributed by atoms with Crippen molar-refractivity contribution < 1.29 is 54.2 Å². The first-order chi connectivity index (χ1) is 14.3. The van der Waals surface area contributed by atoms with E-state index in [1.54, 1.807) is 0 Å². The molecule has 3 rings (SSSR count). The van der Waals surface area contributed by atoms with Gasteiger partial charge in [-0.05, 0) is 13.0 Å². The lowest BCUT2D eigenvalue weighted by molar-refractivity contribution is -0.193. The molecule has 166 valence electrons. The van der Waals surface area contributed by atoms with Gasteiger partial charge in [0.1, 0.15) is 11.9 Å². The first kappa shape index (κ1) is 22.3. The van der Waals surface area contributed by atoms with Crippen LogP contribution in [-0.4, -0.2) is 31.1 Å². The van der Waals surface area contributed by atoms with E-state index in [-0.39, 0.29) is 11.0 Å². The largest absolute Gasteiger partial charge is 0.483 e. The van der Waals surface area contributed by atoms with Crippen molar-refractivity contribution in [3.8, 4) is 16.9 Å². The number of hydrogen-bond donors (Lipinski definition) is 0. The van der Waals surface area contributed by atoms with Crippen molar-refractivity contribution in [2.75, 3.05) is 12.0 Å². The van der Waals surface area contributed by atoms with E-state index in [4.69, 9.17) is 0 Å². The number of nitrogens with zero attached hydrogens (tertiary/aromatic N) is 1. The molecule has 0 fully saturated rings. The fourth-order valence-electron chi connectivity index (χ4n) is 2.94. The number of hydrogen-bond acceptors (Lipinski definition) is 4. The van der Waals surface area contributed by atoms with Gasteiger partial charge in [0.05, 0.1) is 18.4 Å². The van der Waals surface area contributed by atoms with Crippen LogP contribution >= 0.6 is 0 Å². The molecule has 13 heteroatoms. The highest BCUT2D eigenvalue weighted by Gasteiger charge is 2.53. The standard InChI is InChI=1S/C18H9F8NO4/c1-5(16(28)30-2)27-8-3-6(7(19)4-9(8)31-18(25,26)17(27)29)10-11(20)13(22)15(24)14(23)12(10)21/h3-5H,1-2H3/t5-/m1/s1. The monoisotopic (exact) mass is 455 g/mol. The van der Waals surface area contributed by atoms with Crippen molar-refractivity contribution in [3.05, 3.63) is 47.0 Å². The summed E-state index contributed by atoms with van der Waals surface area (Å²) in [4.78, 5) is 24.0. The number of methoxy groups -OCH3 is 1. The lowest BCUT2D eigenvalue weighted by Gasteiger charge is -2.36. The Morgan fingerprint density at radius 1 is 1.00 bits per heavy atom. The van der Waals surface area contributed by atoms with Gasteiger partial charge in [-0.1, -0.05) is 0 Å². The van der Waals surface area contributed by atoms with Crippen molar-refractivity contribution >= 4 is 17.6 Å². The van der Waals surface area contributed by atoms with Crippen LogP contribution in [0, 0.1) is 34.9 Å².